The van der Waals surface area contributed by atoms with E-state index in [9.17, 15) is 13.2 Å². The monoisotopic (exact) mass is 278 g/mol. The van der Waals surface area contributed by atoms with Crippen LogP contribution in [-0.2, 0) is 14.6 Å². The van der Waals surface area contributed by atoms with Crippen LogP contribution in [0.2, 0.25) is 0 Å². The molecular formula is C12H26N2O3S. The van der Waals surface area contributed by atoms with E-state index >= 15 is 0 Å². The van der Waals surface area contributed by atoms with E-state index in [0.717, 1.165) is 25.7 Å². The maximum Gasteiger partial charge on any atom is 0.220 e. The molecule has 0 saturated heterocycles. The van der Waals surface area contributed by atoms with Crippen molar-refractivity contribution in [1.29, 1.82) is 0 Å². The summed E-state index contributed by atoms with van der Waals surface area (Å²) in [6.45, 7) is 4.08. The first-order chi connectivity index (χ1) is 8.20. The number of amides is 1. The van der Waals surface area contributed by atoms with Crippen LogP contribution in [0.5, 0.6) is 0 Å². The van der Waals surface area contributed by atoms with Gasteiger partial charge < -0.3 is 11.1 Å². The number of rotatable bonds is 9. The normalized spacial score (nSPS) is 12.4. The maximum atomic E-state index is 11.5. The lowest BCUT2D eigenvalue weighted by Crippen LogP contribution is -2.43. The van der Waals surface area contributed by atoms with Crippen LogP contribution in [0, 0.1) is 0 Å². The van der Waals surface area contributed by atoms with Gasteiger partial charge in [-0.05, 0) is 33.2 Å². The highest BCUT2D eigenvalue weighted by Gasteiger charge is 2.30. The van der Waals surface area contributed by atoms with Gasteiger partial charge in [0, 0.05) is 19.2 Å². The van der Waals surface area contributed by atoms with Gasteiger partial charge in [-0.1, -0.05) is 12.8 Å². The first-order valence-corrected chi connectivity index (χ1v) is 8.26. The minimum atomic E-state index is -3.16. The van der Waals surface area contributed by atoms with Crippen molar-refractivity contribution in [3.63, 3.8) is 0 Å². The third kappa shape index (κ3) is 6.96. The van der Waals surface area contributed by atoms with Gasteiger partial charge in [-0.25, -0.2) is 8.42 Å². The summed E-state index contributed by atoms with van der Waals surface area (Å²) in [6, 6.07) is 0. The molecule has 0 radical (unpaired) electrons. The molecule has 0 atom stereocenters. The fourth-order valence-electron chi connectivity index (χ4n) is 1.31. The molecule has 0 rings (SSSR count). The Kier molecular flexibility index (Phi) is 7.47. The summed E-state index contributed by atoms with van der Waals surface area (Å²) >= 11 is 0. The number of nitrogens with one attached hydrogen (secondary N) is 1. The van der Waals surface area contributed by atoms with Gasteiger partial charge in [-0.2, -0.15) is 0 Å². The van der Waals surface area contributed by atoms with Crippen molar-refractivity contribution in [1.82, 2.24) is 5.32 Å². The summed E-state index contributed by atoms with van der Waals surface area (Å²) < 4.78 is 22.0. The lowest BCUT2D eigenvalue weighted by atomic mass is 10.1. The Hall–Kier alpha value is -0.620. The summed E-state index contributed by atoms with van der Waals surface area (Å²) in [4.78, 5) is 11.5. The van der Waals surface area contributed by atoms with E-state index in [4.69, 9.17) is 5.73 Å². The zero-order valence-electron chi connectivity index (χ0n) is 11.7. The van der Waals surface area contributed by atoms with Crippen molar-refractivity contribution in [2.45, 2.75) is 50.7 Å². The fraction of sp³-hybridized carbons (Fsp3) is 0.917. The highest BCUT2D eigenvalue weighted by atomic mass is 32.2. The molecule has 3 N–H and O–H groups in total. The van der Waals surface area contributed by atoms with E-state index in [-0.39, 0.29) is 12.5 Å². The van der Waals surface area contributed by atoms with E-state index in [1.54, 1.807) is 13.8 Å². The van der Waals surface area contributed by atoms with Gasteiger partial charge in [0.25, 0.3) is 0 Å². The molecule has 0 aromatic rings. The number of hydrogen-bond donors (Lipinski definition) is 2. The van der Waals surface area contributed by atoms with Crippen LogP contribution in [0.3, 0.4) is 0 Å². The Bertz CT molecular complexity index is 350. The Morgan fingerprint density at radius 1 is 1.17 bits per heavy atom. The highest BCUT2D eigenvalue weighted by Crippen LogP contribution is 2.13. The number of carbonyl (C=O) groups is 1. The average molecular weight is 278 g/mol. The average Bonchev–Trinajstić information content (AvgIpc) is 2.24. The van der Waals surface area contributed by atoms with Crippen LogP contribution in [0.4, 0.5) is 0 Å². The van der Waals surface area contributed by atoms with E-state index in [1.807, 2.05) is 0 Å². The fourth-order valence-corrected chi connectivity index (χ4v) is 1.65. The molecule has 0 spiro atoms. The Balaban J connectivity index is 3.84. The topological polar surface area (TPSA) is 89.3 Å². The van der Waals surface area contributed by atoms with E-state index in [1.165, 1.54) is 6.26 Å². The standard InChI is InChI=1S/C12H26N2O3S/c1-12(2,18(3,16)17)10-14-11(15)8-6-4-5-7-9-13/h4-10,13H2,1-3H3,(H,14,15). The third-order valence-corrected chi connectivity index (χ3v) is 5.22. The van der Waals surface area contributed by atoms with E-state index in [2.05, 4.69) is 5.32 Å². The van der Waals surface area contributed by atoms with Crippen molar-refractivity contribution in [3.8, 4) is 0 Å². The number of nitrogens with two attached hydrogens (primary N) is 1. The smallest absolute Gasteiger partial charge is 0.220 e. The quantitative estimate of drug-likeness (QED) is 0.611. The minimum absolute atomic E-state index is 0.0838. The predicted molar refractivity (Wildman–Crippen MR) is 74.1 cm³/mol. The lowest BCUT2D eigenvalue weighted by Gasteiger charge is -2.22. The zero-order valence-corrected chi connectivity index (χ0v) is 12.5. The molecule has 18 heavy (non-hydrogen) atoms. The SMILES string of the molecule is CC(C)(CNC(=O)CCCCCCN)S(C)(=O)=O. The molecule has 0 aromatic heterocycles. The van der Waals surface area contributed by atoms with Gasteiger partial charge in [-0.3, -0.25) is 4.79 Å². The molecule has 0 heterocycles. The number of unbranched alkanes of at least 4 members (excludes halogenated alkanes) is 3. The first-order valence-electron chi connectivity index (χ1n) is 6.37. The van der Waals surface area contributed by atoms with Crippen LogP contribution in [-0.4, -0.2) is 38.4 Å². The molecule has 0 bridgehead atoms. The lowest BCUT2D eigenvalue weighted by molar-refractivity contribution is -0.121. The highest BCUT2D eigenvalue weighted by molar-refractivity contribution is 7.92. The molecule has 6 heteroatoms. The second kappa shape index (κ2) is 7.74. The Morgan fingerprint density at radius 3 is 2.22 bits per heavy atom. The maximum absolute atomic E-state index is 11.5. The van der Waals surface area contributed by atoms with Crippen LogP contribution >= 0.6 is 0 Å². The number of carbonyl (C=O) groups excluding carboxylic acids is 1. The van der Waals surface area contributed by atoms with Crippen molar-refractivity contribution in [2.75, 3.05) is 19.3 Å². The van der Waals surface area contributed by atoms with E-state index in [0.29, 0.717) is 13.0 Å². The van der Waals surface area contributed by atoms with Crippen LogP contribution in [0.25, 0.3) is 0 Å². The molecule has 0 fully saturated rings. The zero-order chi connectivity index (χ0) is 14.2. The first kappa shape index (κ1) is 17.4. The van der Waals surface area contributed by atoms with Crippen LogP contribution in [0.1, 0.15) is 46.0 Å². The summed E-state index contributed by atoms with van der Waals surface area (Å²) in [5.41, 5.74) is 5.37. The summed E-state index contributed by atoms with van der Waals surface area (Å²) in [5, 5.41) is 2.68. The number of hydrogen-bond acceptors (Lipinski definition) is 4. The van der Waals surface area contributed by atoms with Crippen LogP contribution < -0.4 is 11.1 Å². The van der Waals surface area contributed by atoms with E-state index < -0.39 is 14.6 Å². The van der Waals surface area contributed by atoms with Crippen molar-refractivity contribution in [2.24, 2.45) is 5.73 Å². The molecule has 0 aliphatic carbocycles. The summed E-state index contributed by atoms with van der Waals surface area (Å²) in [7, 11) is -3.16. The molecule has 0 aromatic carbocycles. The minimum Gasteiger partial charge on any atom is -0.355 e. The Labute approximate surface area is 110 Å². The molecule has 0 saturated carbocycles. The Morgan fingerprint density at radius 2 is 1.72 bits per heavy atom. The predicted octanol–water partition coefficient (Wildman–Crippen LogP) is 0.835. The molecule has 0 unspecified atom stereocenters. The number of sulfone groups is 1. The summed E-state index contributed by atoms with van der Waals surface area (Å²) in [6.07, 6.45) is 5.48. The second-order valence-electron chi connectivity index (χ2n) is 5.26. The molecule has 108 valence electrons. The van der Waals surface area contributed by atoms with Crippen LogP contribution in [0.15, 0.2) is 0 Å². The van der Waals surface area contributed by atoms with Gasteiger partial charge >= 0.3 is 0 Å². The van der Waals surface area contributed by atoms with Crippen molar-refractivity contribution in [3.05, 3.63) is 0 Å². The largest absolute Gasteiger partial charge is 0.355 e. The molecular weight excluding hydrogens is 252 g/mol. The van der Waals surface area contributed by atoms with Gasteiger partial charge in [0.2, 0.25) is 5.91 Å². The third-order valence-electron chi connectivity index (χ3n) is 3.07. The second-order valence-corrected chi connectivity index (χ2v) is 7.91. The van der Waals surface area contributed by atoms with Gasteiger partial charge in [-0.15, -0.1) is 0 Å². The van der Waals surface area contributed by atoms with Gasteiger partial charge in [0.15, 0.2) is 9.84 Å². The molecule has 0 aliphatic heterocycles. The van der Waals surface area contributed by atoms with Crippen molar-refractivity contribution >= 4 is 15.7 Å². The molecule has 0 aliphatic rings. The molecule has 5 nitrogen and oxygen atoms in total. The summed E-state index contributed by atoms with van der Waals surface area (Å²) in [5.74, 6) is -0.0838. The molecule has 1 amide bonds. The van der Waals surface area contributed by atoms with Crippen molar-refractivity contribution < 1.29 is 13.2 Å². The van der Waals surface area contributed by atoms with Gasteiger partial charge in [0.05, 0.1) is 4.75 Å². The van der Waals surface area contributed by atoms with Gasteiger partial charge in [0.1, 0.15) is 0 Å².